The smallest absolute Gasteiger partial charge is 0.338 e. The van der Waals surface area contributed by atoms with E-state index in [9.17, 15) is 27.2 Å². The van der Waals surface area contributed by atoms with Gasteiger partial charge in [-0.3, -0.25) is 9.59 Å². The second-order valence-electron chi connectivity index (χ2n) is 10.2. The molecular formula is C26H28F4N2O2. The zero-order chi connectivity index (χ0) is 24.8. The summed E-state index contributed by atoms with van der Waals surface area (Å²) < 4.78 is 52.4. The van der Waals surface area contributed by atoms with Crippen molar-refractivity contribution >= 4 is 17.5 Å². The minimum atomic E-state index is -4.78. The summed E-state index contributed by atoms with van der Waals surface area (Å²) in [7, 11) is 0. The highest BCUT2D eigenvalue weighted by molar-refractivity contribution is 5.94. The number of halogens is 4. The SMILES string of the molecule is CC(C)(C)C(=O)N1CCc2c(ccc(C3CC3)c2NC(=O)Cc2ccc(C(F)(F)F)c(F)c2)C1. The van der Waals surface area contributed by atoms with E-state index in [1.165, 1.54) is 0 Å². The van der Waals surface area contributed by atoms with Crippen molar-refractivity contribution in [2.75, 3.05) is 11.9 Å². The fourth-order valence-electron chi connectivity index (χ4n) is 4.47. The molecule has 1 heterocycles. The van der Waals surface area contributed by atoms with Gasteiger partial charge in [0.25, 0.3) is 0 Å². The molecule has 0 saturated heterocycles. The molecule has 1 aliphatic carbocycles. The van der Waals surface area contributed by atoms with Crippen LogP contribution in [0.1, 0.15) is 67.3 Å². The highest BCUT2D eigenvalue weighted by Gasteiger charge is 2.35. The number of fused-ring (bicyclic) bond motifs is 1. The largest absolute Gasteiger partial charge is 0.419 e. The quantitative estimate of drug-likeness (QED) is 0.564. The van der Waals surface area contributed by atoms with Crippen LogP contribution in [0.2, 0.25) is 0 Å². The summed E-state index contributed by atoms with van der Waals surface area (Å²) in [6.45, 7) is 6.66. The molecule has 4 rings (SSSR count). The Balaban J connectivity index is 1.56. The molecule has 1 N–H and O–H groups in total. The predicted octanol–water partition coefficient (Wildman–Crippen LogP) is 5.83. The van der Waals surface area contributed by atoms with Gasteiger partial charge < -0.3 is 10.2 Å². The van der Waals surface area contributed by atoms with Crippen LogP contribution in [0, 0.1) is 11.2 Å². The third-order valence-electron chi connectivity index (χ3n) is 6.35. The third-order valence-corrected chi connectivity index (χ3v) is 6.35. The van der Waals surface area contributed by atoms with Gasteiger partial charge in [0.05, 0.1) is 12.0 Å². The van der Waals surface area contributed by atoms with Gasteiger partial charge in [0.2, 0.25) is 11.8 Å². The molecule has 2 amide bonds. The van der Waals surface area contributed by atoms with Crippen LogP contribution in [0.5, 0.6) is 0 Å². The van der Waals surface area contributed by atoms with Crippen molar-refractivity contribution in [3.8, 4) is 0 Å². The fourth-order valence-corrected chi connectivity index (χ4v) is 4.47. The van der Waals surface area contributed by atoms with Crippen molar-refractivity contribution in [2.45, 2.75) is 65.1 Å². The van der Waals surface area contributed by atoms with Gasteiger partial charge in [-0.25, -0.2) is 4.39 Å². The Hall–Kier alpha value is -2.90. The average molecular weight is 477 g/mol. The van der Waals surface area contributed by atoms with Gasteiger partial charge in [0.15, 0.2) is 0 Å². The first-order chi connectivity index (χ1) is 15.8. The Morgan fingerprint density at radius 1 is 1.09 bits per heavy atom. The number of nitrogens with zero attached hydrogens (tertiary/aromatic N) is 1. The van der Waals surface area contributed by atoms with Crippen LogP contribution in [-0.4, -0.2) is 23.3 Å². The first-order valence-corrected chi connectivity index (χ1v) is 11.4. The maximum Gasteiger partial charge on any atom is 0.419 e. The monoisotopic (exact) mass is 476 g/mol. The van der Waals surface area contributed by atoms with Crippen LogP contribution >= 0.6 is 0 Å². The van der Waals surface area contributed by atoms with Gasteiger partial charge in [-0.1, -0.05) is 39.0 Å². The van der Waals surface area contributed by atoms with E-state index >= 15 is 0 Å². The van der Waals surface area contributed by atoms with Gasteiger partial charge in [0, 0.05) is 24.2 Å². The van der Waals surface area contributed by atoms with Gasteiger partial charge in [-0.05, 0) is 59.6 Å². The minimum absolute atomic E-state index is 0.0688. The highest BCUT2D eigenvalue weighted by atomic mass is 19.4. The topological polar surface area (TPSA) is 49.4 Å². The molecule has 0 unspecified atom stereocenters. The molecule has 0 atom stereocenters. The molecule has 2 aliphatic rings. The summed E-state index contributed by atoms with van der Waals surface area (Å²) in [6, 6.07) is 6.57. The van der Waals surface area contributed by atoms with E-state index in [1.54, 1.807) is 0 Å². The van der Waals surface area contributed by atoms with Gasteiger partial charge in [-0.15, -0.1) is 0 Å². The lowest BCUT2D eigenvalue weighted by atomic mass is 9.89. The van der Waals surface area contributed by atoms with Crippen molar-refractivity contribution < 1.29 is 27.2 Å². The number of alkyl halides is 3. The van der Waals surface area contributed by atoms with Crippen molar-refractivity contribution in [1.82, 2.24) is 4.90 Å². The number of carbonyl (C=O) groups is 2. The maximum atomic E-state index is 13.9. The Labute approximate surface area is 196 Å². The number of anilines is 1. The van der Waals surface area contributed by atoms with E-state index in [0.717, 1.165) is 47.4 Å². The van der Waals surface area contributed by atoms with Gasteiger partial charge >= 0.3 is 6.18 Å². The van der Waals surface area contributed by atoms with Gasteiger partial charge in [-0.2, -0.15) is 13.2 Å². The molecule has 2 aromatic carbocycles. The predicted molar refractivity (Wildman–Crippen MR) is 121 cm³/mol. The van der Waals surface area contributed by atoms with E-state index in [-0.39, 0.29) is 17.9 Å². The minimum Gasteiger partial charge on any atom is -0.338 e. The number of hydrogen-bond donors (Lipinski definition) is 1. The second kappa shape index (κ2) is 8.71. The molecule has 1 aliphatic heterocycles. The van der Waals surface area contributed by atoms with E-state index in [4.69, 9.17) is 0 Å². The van der Waals surface area contributed by atoms with E-state index < -0.39 is 28.9 Å². The first-order valence-electron chi connectivity index (χ1n) is 11.4. The number of amides is 2. The zero-order valence-corrected chi connectivity index (χ0v) is 19.5. The van der Waals surface area contributed by atoms with Crippen molar-refractivity contribution in [3.63, 3.8) is 0 Å². The summed E-state index contributed by atoms with van der Waals surface area (Å²) in [4.78, 5) is 27.4. The van der Waals surface area contributed by atoms with Crippen LogP contribution in [0.4, 0.5) is 23.2 Å². The molecular weight excluding hydrogens is 448 g/mol. The molecule has 2 aromatic rings. The van der Waals surface area contributed by atoms with Gasteiger partial charge in [0.1, 0.15) is 5.82 Å². The number of nitrogens with one attached hydrogen (secondary N) is 1. The number of benzene rings is 2. The Morgan fingerprint density at radius 2 is 1.79 bits per heavy atom. The molecule has 34 heavy (non-hydrogen) atoms. The van der Waals surface area contributed by atoms with Crippen LogP contribution in [0.15, 0.2) is 30.3 Å². The Bertz CT molecular complexity index is 1130. The Morgan fingerprint density at radius 3 is 2.38 bits per heavy atom. The number of carbonyl (C=O) groups excluding carboxylic acids is 2. The van der Waals surface area contributed by atoms with Crippen LogP contribution in [0.25, 0.3) is 0 Å². The standard InChI is InChI=1S/C26H28F4N2O2/c1-25(2,3)24(34)32-11-10-19-17(14-32)7-8-18(16-5-6-16)23(19)31-22(33)13-15-4-9-20(21(27)12-15)26(28,29)30/h4,7-9,12,16H,5-6,10-11,13-14H2,1-3H3,(H,31,33). The average Bonchev–Trinajstić information content (AvgIpc) is 3.56. The number of rotatable bonds is 4. The summed E-state index contributed by atoms with van der Waals surface area (Å²) in [5.41, 5.74) is 2.08. The molecule has 4 nitrogen and oxygen atoms in total. The van der Waals surface area contributed by atoms with Crippen LogP contribution in [-0.2, 0) is 35.2 Å². The summed E-state index contributed by atoms with van der Waals surface area (Å²) >= 11 is 0. The fraction of sp³-hybridized carbons (Fsp3) is 0.462. The molecule has 182 valence electrons. The maximum absolute atomic E-state index is 13.9. The molecule has 0 spiro atoms. The summed E-state index contributed by atoms with van der Waals surface area (Å²) in [6.07, 6.45) is -2.37. The zero-order valence-electron chi connectivity index (χ0n) is 19.5. The second-order valence-corrected chi connectivity index (χ2v) is 10.2. The van der Waals surface area contributed by atoms with E-state index in [2.05, 4.69) is 5.32 Å². The van der Waals surface area contributed by atoms with E-state index in [1.807, 2.05) is 37.8 Å². The highest BCUT2D eigenvalue weighted by Crippen LogP contribution is 2.46. The molecule has 1 saturated carbocycles. The van der Waals surface area contributed by atoms with Crippen molar-refractivity contribution in [1.29, 1.82) is 0 Å². The van der Waals surface area contributed by atoms with Crippen LogP contribution in [0.3, 0.4) is 0 Å². The molecule has 0 aromatic heterocycles. The van der Waals surface area contributed by atoms with Crippen LogP contribution < -0.4 is 5.32 Å². The summed E-state index contributed by atoms with van der Waals surface area (Å²) in [5.74, 6) is -1.38. The molecule has 0 radical (unpaired) electrons. The lowest BCUT2D eigenvalue weighted by molar-refractivity contribution is -0.141. The van der Waals surface area contributed by atoms with E-state index in [0.29, 0.717) is 31.5 Å². The van der Waals surface area contributed by atoms with Crippen molar-refractivity contribution in [3.05, 3.63) is 64.0 Å². The lowest BCUT2D eigenvalue weighted by Crippen LogP contribution is -2.42. The lowest BCUT2D eigenvalue weighted by Gasteiger charge is -2.35. The molecule has 0 bridgehead atoms. The van der Waals surface area contributed by atoms with Crippen molar-refractivity contribution in [2.24, 2.45) is 5.41 Å². The molecule has 1 fully saturated rings. The number of hydrogen-bond acceptors (Lipinski definition) is 2. The molecule has 8 heteroatoms. The normalized spacial score (nSPS) is 16.3. The first kappa shape index (κ1) is 24.2. The third kappa shape index (κ3) is 5.10. The summed E-state index contributed by atoms with van der Waals surface area (Å²) in [5, 5.41) is 2.96. The Kier molecular flexibility index (Phi) is 6.21.